The summed E-state index contributed by atoms with van der Waals surface area (Å²) in [5, 5.41) is 3.39. The van der Waals surface area contributed by atoms with E-state index in [9.17, 15) is 0 Å². The van der Waals surface area contributed by atoms with Crippen molar-refractivity contribution in [3.8, 4) is 5.75 Å². The number of benzene rings is 1. The molecular formula is C17H22BrNO2. The van der Waals surface area contributed by atoms with Crippen LogP contribution < -0.4 is 10.1 Å². The van der Waals surface area contributed by atoms with Crippen molar-refractivity contribution >= 4 is 15.9 Å². The summed E-state index contributed by atoms with van der Waals surface area (Å²) in [5.41, 5.74) is 2.21. The Morgan fingerprint density at radius 1 is 1.29 bits per heavy atom. The largest absolute Gasteiger partial charge is 0.488 e. The molecule has 0 unspecified atom stereocenters. The van der Waals surface area contributed by atoms with Gasteiger partial charge in [0.1, 0.15) is 18.1 Å². The molecule has 1 aromatic heterocycles. The first-order valence-electron chi connectivity index (χ1n) is 7.21. The molecular weight excluding hydrogens is 330 g/mol. The highest BCUT2D eigenvalue weighted by Gasteiger charge is 2.08. The van der Waals surface area contributed by atoms with E-state index in [0.29, 0.717) is 12.5 Å². The van der Waals surface area contributed by atoms with Gasteiger partial charge in [-0.25, -0.2) is 0 Å². The van der Waals surface area contributed by atoms with E-state index in [4.69, 9.17) is 9.15 Å². The minimum absolute atomic E-state index is 0.520. The molecule has 4 heteroatoms. The first-order chi connectivity index (χ1) is 10.1. The van der Waals surface area contributed by atoms with E-state index >= 15 is 0 Å². The molecule has 1 aromatic carbocycles. The molecule has 0 radical (unpaired) electrons. The van der Waals surface area contributed by atoms with Crippen LogP contribution in [-0.2, 0) is 13.2 Å². The molecule has 0 amide bonds. The molecule has 114 valence electrons. The molecule has 0 fully saturated rings. The molecule has 2 rings (SSSR count). The number of furan rings is 1. The average molecular weight is 352 g/mol. The number of halogens is 1. The second-order valence-corrected chi connectivity index (χ2v) is 6.51. The summed E-state index contributed by atoms with van der Waals surface area (Å²) < 4.78 is 12.5. The van der Waals surface area contributed by atoms with Gasteiger partial charge < -0.3 is 14.5 Å². The lowest BCUT2D eigenvalue weighted by molar-refractivity contribution is 0.299. The Bertz CT molecular complexity index is 578. The fourth-order valence-electron chi connectivity index (χ4n) is 2.01. The molecule has 0 aliphatic heterocycles. The van der Waals surface area contributed by atoms with E-state index in [1.54, 1.807) is 6.26 Å². The van der Waals surface area contributed by atoms with Gasteiger partial charge in [0.15, 0.2) is 0 Å². The van der Waals surface area contributed by atoms with E-state index < -0.39 is 0 Å². The number of aryl methyl sites for hydroxylation is 1. The van der Waals surface area contributed by atoms with E-state index in [1.165, 1.54) is 0 Å². The van der Waals surface area contributed by atoms with Crippen LogP contribution in [0.4, 0.5) is 0 Å². The highest BCUT2D eigenvalue weighted by atomic mass is 79.9. The maximum absolute atomic E-state index is 5.91. The molecule has 3 nitrogen and oxygen atoms in total. The Balaban J connectivity index is 1.94. The van der Waals surface area contributed by atoms with Gasteiger partial charge in [-0.05, 0) is 43.1 Å². The van der Waals surface area contributed by atoms with Crippen LogP contribution in [0.3, 0.4) is 0 Å². The summed E-state index contributed by atoms with van der Waals surface area (Å²) in [5.74, 6) is 2.47. The maximum atomic E-state index is 5.91. The van der Waals surface area contributed by atoms with E-state index in [2.05, 4.69) is 35.1 Å². The van der Waals surface area contributed by atoms with Crippen molar-refractivity contribution in [2.75, 3.05) is 6.54 Å². The Morgan fingerprint density at radius 2 is 2.10 bits per heavy atom. The molecule has 1 N–H and O–H groups in total. The molecule has 0 aliphatic carbocycles. The number of hydrogen-bond donors (Lipinski definition) is 1. The topological polar surface area (TPSA) is 34.4 Å². The number of hydrogen-bond acceptors (Lipinski definition) is 3. The van der Waals surface area contributed by atoms with Crippen LogP contribution in [0, 0.1) is 12.8 Å². The van der Waals surface area contributed by atoms with Crippen LogP contribution in [0.2, 0.25) is 0 Å². The molecule has 0 spiro atoms. The third-order valence-electron chi connectivity index (χ3n) is 3.21. The molecule has 0 saturated carbocycles. The van der Waals surface area contributed by atoms with Gasteiger partial charge in [-0.2, -0.15) is 0 Å². The van der Waals surface area contributed by atoms with E-state index in [-0.39, 0.29) is 0 Å². The van der Waals surface area contributed by atoms with Gasteiger partial charge in [0.2, 0.25) is 0 Å². The van der Waals surface area contributed by atoms with Crippen molar-refractivity contribution in [3.63, 3.8) is 0 Å². The van der Waals surface area contributed by atoms with E-state index in [1.807, 2.05) is 31.2 Å². The quantitative estimate of drug-likeness (QED) is 0.786. The Labute approximate surface area is 134 Å². The standard InChI is InChI=1S/C17H22BrNO2/c1-12(2)9-19-10-17-14(6-7-20-17)11-21-16-8-15(18)5-4-13(16)3/h4-8,12,19H,9-11H2,1-3H3. The number of rotatable bonds is 7. The van der Waals surface area contributed by atoms with Gasteiger partial charge in [0.05, 0.1) is 12.8 Å². The van der Waals surface area contributed by atoms with Crippen LogP contribution >= 0.6 is 15.9 Å². The van der Waals surface area contributed by atoms with Crippen LogP contribution in [0.15, 0.2) is 39.4 Å². The zero-order valence-electron chi connectivity index (χ0n) is 12.8. The van der Waals surface area contributed by atoms with Crippen LogP contribution in [-0.4, -0.2) is 6.54 Å². The molecule has 2 aromatic rings. The van der Waals surface area contributed by atoms with Crippen molar-refractivity contribution in [3.05, 3.63) is 51.9 Å². The van der Waals surface area contributed by atoms with Crippen LogP contribution in [0.1, 0.15) is 30.7 Å². The average Bonchev–Trinajstić information content (AvgIpc) is 2.87. The zero-order valence-corrected chi connectivity index (χ0v) is 14.4. The Hall–Kier alpha value is -1.26. The second-order valence-electron chi connectivity index (χ2n) is 5.59. The smallest absolute Gasteiger partial charge is 0.124 e. The van der Waals surface area contributed by atoms with Gasteiger partial charge in [-0.3, -0.25) is 0 Å². The minimum Gasteiger partial charge on any atom is -0.488 e. The van der Waals surface area contributed by atoms with Gasteiger partial charge in [0, 0.05) is 10.0 Å². The summed E-state index contributed by atoms with van der Waals surface area (Å²) in [4.78, 5) is 0. The summed E-state index contributed by atoms with van der Waals surface area (Å²) in [6.07, 6.45) is 1.72. The second kappa shape index (κ2) is 7.66. The first-order valence-corrected chi connectivity index (χ1v) is 8.00. The van der Waals surface area contributed by atoms with Crippen molar-refractivity contribution in [1.82, 2.24) is 5.32 Å². The molecule has 0 bridgehead atoms. The summed E-state index contributed by atoms with van der Waals surface area (Å²) >= 11 is 3.47. The maximum Gasteiger partial charge on any atom is 0.124 e. The van der Waals surface area contributed by atoms with Gasteiger partial charge in [-0.1, -0.05) is 35.8 Å². The van der Waals surface area contributed by atoms with Crippen molar-refractivity contribution in [2.24, 2.45) is 5.92 Å². The normalized spacial score (nSPS) is 11.1. The van der Waals surface area contributed by atoms with Crippen molar-refractivity contribution in [2.45, 2.75) is 33.9 Å². The summed E-state index contributed by atoms with van der Waals surface area (Å²) in [7, 11) is 0. The molecule has 1 heterocycles. The number of ether oxygens (including phenoxy) is 1. The van der Waals surface area contributed by atoms with Crippen LogP contribution in [0.5, 0.6) is 5.75 Å². The fraction of sp³-hybridized carbons (Fsp3) is 0.412. The molecule has 0 saturated heterocycles. The highest BCUT2D eigenvalue weighted by molar-refractivity contribution is 9.10. The molecule has 21 heavy (non-hydrogen) atoms. The minimum atomic E-state index is 0.520. The zero-order chi connectivity index (χ0) is 15.2. The highest BCUT2D eigenvalue weighted by Crippen LogP contribution is 2.24. The molecule has 0 atom stereocenters. The monoisotopic (exact) mass is 351 g/mol. The lowest BCUT2D eigenvalue weighted by Gasteiger charge is -2.10. The lowest BCUT2D eigenvalue weighted by Crippen LogP contribution is -2.19. The number of nitrogens with one attached hydrogen (secondary N) is 1. The Morgan fingerprint density at radius 3 is 2.86 bits per heavy atom. The van der Waals surface area contributed by atoms with Crippen molar-refractivity contribution < 1.29 is 9.15 Å². The van der Waals surface area contributed by atoms with Gasteiger partial charge in [-0.15, -0.1) is 0 Å². The van der Waals surface area contributed by atoms with E-state index in [0.717, 1.165) is 40.2 Å². The molecule has 0 aliphatic rings. The van der Waals surface area contributed by atoms with Crippen LogP contribution in [0.25, 0.3) is 0 Å². The predicted molar refractivity (Wildman–Crippen MR) is 88.5 cm³/mol. The van der Waals surface area contributed by atoms with Gasteiger partial charge >= 0.3 is 0 Å². The lowest BCUT2D eigenvalue weighted by atomic mass is 10.2. The predicted octanol–water partition coefficient (Wildman–Crippen LogP) is 4.68. The summed E-state index contributed by atoms with van der Waals surface area (Å²) in [6.45, 7) is 8.66. The third-order valence-corrected chi connectivity index (χ3v) is 3.70. The summed E-state index contributed by atoms with van der Waals surface area (Å²) in [6, 6.07) is 8.02. The van der Waals surface area contributed by atoms with Gasteiger partial charge in [0.25, 0.3) is 0 Å². The first kappa shape index (κ1) is 16.1. The third kappa shape index (κ3) is 4.90. The fourth-order valence-corrected chi connectivity index (χ4v) is 2.35. The van der Waals surface area contributed by atoms with Crippen molar-refractivity contribution in [1.29, 1.82) is 0 Å². The Kier molecular flexibility index (Phi) is 5.88. The SMILES string of the molecule is Cc1ccc(Br)cc1OCc1ccoc1CNCC(C)C.